The van der Waals surface area contributed by atoms with Crippen LogP contribution in [-0.4, -0.2) is 47.3 Å². The number of ether oxygens (including phenoxy) is 3. The van der Waals surface area contributed by atoms with Gasteiger partial charge >= 0.3 is 5.91 Å². The third-order valence-corrected chi connectivity index (χ3v) is 9.69. The predicted octanol–water partition coefficient (Wildman–Crippen LogP) is 7.58. The first-order valence-electron chi connectivity index (χ1n) is 14.8. The van der Waals surface area contributed by atoms with Gasteiger partial charge in [0.1, 0.15) is 18.1 Å². The second-order valence-electron chi connectivity index (χ2n) is 10.4. The average molecular weight is 666 g/mol. The Morgan fingerprint density at radius 3 is 2.55 bits per heavy atom. The van der Waals surface area contributed by atoms with Crippen molar-refractivity contribution in [1.29, 1.82) is 0 Å². The summed E-state index contributed by atoms with van der Waals surface area (Å²) in [7, 11) is 1.54. The molecule has 0 radical (unpaired) electrons. The maximum absolute atomic E-state index is 13.8. The first kappa shape index (κ1) is 31.8. The minimum atomic E-state index is -1.02. The van der Waals surface area contributed by atoms with Gasteiger partial charge in [-0.2, -0.15) is 0 Å². The van der Waals surface area contributed by atoms with E-state index in [1.807, 2.05) is 25.1 Å². The Balaban J connectivity index is 1.40. The van der Waals surface area contributed by atoms with Crippen LogP contribution in [0.1, 0.15) is 29.7 Å². The Hall–Kier alpha value is -5.13. The van der Waals surface area contributed by atoms with Gasteiger partial charge in [0.15, 0.2) is 15.8 Å². The van der Waals surface area contributed by atoms with E-state index in [-0.39, 0.29) is 23.1 Å². The van der Waals surface area contributed by atoms with Gasteiger partial charge in [-0.3, -0.25) is 14.5 Å². The number of amides is 1. The highest BCUT2D eigenvalue weighted by Gasteiger charge is 2.48. The lowest BCUT2D eigenvalue weighted by atomic mass is 9.95. The van der Waals surface area contributed by atoms with Gasteiger partial charge in [0.25, 0.3) is 5.78 Å². The lowest BCUT2D eigenvalue weighted by Crippen LogP contribution is -2.29. The van der Waals surface area contributed by atoms with E-state index in [0.717, 1.165) is 16.3 Å². The van der Waals surface area contributed by atoms with Crippen molar-refractivity contribution in [3.8, 4) is 17.2 Å². The number of aliphatic hydroxyl groups is 1. The lowest BCUT2D eigenvalue weighted by molar-refractivity contribution is -0.132. The summed E-state index contributed by atoms with van der Waals surface area (Å²) in [6, 6.07) is 25.1. The third kappa shape index (κ3) is 6.45. The fourth-order valence-electron chi connectivity index (χ4n) is 5.40. The summed E-state index contributed by atoms with van der Waals surface area (Å²) in [6.07, 6.45) is 1.62. The molecule has 1 aromatic heterocycles. The quantitative estimate of drug-likeness (QED) is 0.0360. The Bertz CT molecular complexity index is 1980. The van der Waals surface area contributed by atoms with Gasteiger partial charge in [0, 0.05) is 11.3 Å². The van der Waals surface area contributed by atoms with E-state index in [9.17, 15) is 14.7 Å². The van der Waals surface area contributed by atoms with Crippen molar-refractivity contribution in [1.82, 2.24) is 10.2 Å². The smallest absolute Gasteiger partial charge is 0.301 e. The molecule has 0 aliphatic carbocycles. The number of carbonyl (C=O) groups excluding carboxylic acids is 2. The molecular weight excluding hydrogens is 635 g/mol. The predicted molar refractivity (Wildman–Crippen MR) is 184 cm³/mol. The number of ketones is 1. The molecule has 0 saturated carbocycles. The second-order valence-corrected chi connectivity index (χ2v) is 12.6. The minimum Gasteiger partial charge on any atom is -0.507 e. The standard InChI is InChI=1S/C36H31N3O6S2/c1-4-19-45-28-18-15-24(20-29(28)44-5-2)31-30(32(40)23-13-16-26(43-3)17-14-23)33(41)34(42)39(31)35-37-38-36(47-35)46-21-25-11-8-10-22-9-6-7-12-27(22)25/h4,6-18,20,31,40H,1,5,19,21H2,2-3H3. The van der Waals surface area contributed by atoms with Gasteiger partial charge in [-0.15, -0.1) is 10.2 Å². The van der Waals surface area contributed by atoms with Crippen molar-refractivity contribution < 1.29 is 28.9 Å². The van der Waals surface area contributed by atoms with E-state index >= 15 is 0 Å². The number of nitrogens with zero attached hydrogens (tertiary/aromatic N) is 3. The van der Waals surface area contributed by atoms with E-state index in [2.05, 4.69) is 41.0 Å². The number of hydrogen-bond donors (Lipinski definition) is 1. The molecule has 9 nitrogen and oxygen atoms in total. The van der Waals surface area contributed by atoms with Crippen LogP contribution in [0.15, 0.2) is 107 Å². The van der Waals surface area contributed by atoms with Crippen LogP contribution < -0.4 is 19.1 Å². The summed E-state index contributed by atoms with van der Waals surface area (Å²) < 4.78 is 17.5. The van der Waals surface area contributed by atoms with E-state index in [4.69, 9.17) is 14.2 Å². The molecule has 1 amide bonds. The molecule has 1 aliphatic heterocycles. The highest BCUT2D eigenvalue weighted by atomic mass is 32.2. The molecule has 2 heterocycles. The Morgan fingerprint density at radius 2 is 1.79 bits per heavy atom. The fourth-order valence-corrected chi connectivity index (χ4v) is 7.27. The number of thioether (sulfide) groups is 1. The number of carbonyl (C=O) groups is 2. The molecule has 1 fully saturated rings. The maximum atomic E-state index is 13.8. The van der Waals surface area contributed by atoms with Gasteiger partial charge in [-0.25, -0.2) is 0 Å². The minimum absolute atomic E-state index is 0.0810. The van der Waals surface area contributed by atoms with Gasteiger partial charge in [-0.05, 0) is 65.2 Å². The largest absolute Gasteiger partial charge is 0.507 e. The van der Waals surface area contributed by atoms with Crippen molar-refractivity contribution in [2.45, 2.75) is 23.1 Å². The first-order chi connectivity index (χ1) is 22.9. The molecule has 5 aromatic rings. The van der Waals surface area contributed by atoms with Gasteiger partial charge in [-0.1, -0.05) is 84.3 Å². The van der Waals surface area contributed by atoms with Gasteiger partial charge < -0.3 is 19.3 Å². The summed E-state index contributed by atoms with van der Waals surface area (Å²) >= 11 is 2.71. The number of methoxy groups -OCH3 is 1. The number of benzene rings is 4. The Kier molecular flexibility index (Phi) is 9.55. The third-order valence-electron chi connectivity index (χ3n) is 7.58. The van der Waals surface area contributed by atoms with Crippen LogP contribution in [0.25, 0.3) is 16.5 Å². The highest BCUT2D eigenvalue weighted by molar-refractivity contribution is 8.00. The Morgan fingerprint density at radius 1 is 1.00 bits per heavy atom. The van der Waals surface area contributed by atoms with E-state index in [0.29, 0.717) is 45.1 Å². The topological polar surface area (TPSA) is 111 Å². The van der Waals surface area contributed by atoms with Crippen LogP contribution in [0.2, 0.25) is 0 Å². The average Bonchev–Trinajstić information content (AvgIpc) is 3.68. The monoisotopic (exact) mass is 665 g/mol. The zero-order valence-corrected chi connectivity index (χ0v) is 27.3. The number of anilines is 1. The summed E-state index contributed by atoms with van der Waals surface area (Å²) in [5.41, 5.74) is 1.94. The van der Waals surface area contributed by atoms with Gasteiger partial charge in [0.2, 0.25) is 5.13 Å². The van der Waals surface area contributed by atoms with Crippen molar-refractivity contribution in [2.75, 3.05) is 25.2 Å². The van der Waals surface area contributed by atoms with E-state index in [1.165, 1.54) is 35.1 Å². The van der Waals surface area contributed by atoms with Crippen molar-refractivity contribution >= 4 is 56.5 Å². The number of hydrogen-bond acceptors (Lipinski definition) is 10. The molecule has 4 aromatic carbocycles. The van der Waals surface area contributed by atoms with Gasteiger partial charge in [0.05, 0.1) is 25.3 Å². The molecule has 1 aliphatic rings. The van der Waals surface area contributed by atoms with Crippen LogP contribution in [-0.2, 0) is 15.3 Å². The molecule has 238 valence electrons. The SMILES string of the molecule is C=CCOc1ccc(C2C(=C(O)c3ccc(OC)cc3)C(=O)C(=O)N2c2nnc(SCc3cccc4ccccc34)s2)cc1OCC. The number of Topliss-reactive ketones (excluding diaryl/α,β-unsaturated/α-hetero) is 1. The summed E-state index contributed by atoms with van der Waals surface area (Å²) in [4.78, 5) is 28.8. The van der Waals surface area contributed by atoms with Crippen molar-refractivity contribution in [3.05, 3.63) is 120 Å². The molecule has 1 N–H and O–H groups in total. The lowest BCUT2D eigenvalue weighted by Gasteiger charge is -2.23. The summed E-state index contributed by atoms with van der Waals surface area (Å²) in [5.74, 6) is 0.136. The molecule has 0 bridgehead atoms. The van der Waals surface area contributed by atoms with Crippen LogP contribution in [0.4, 0.5) is 5.13 Å². The molecule has 6 rings (SSSR count). The molecule has 0 spiro atoms. The fraction of sp³-hybridized carbons (Fsp3) is 0.167. The molecule has 1 unspecified atom stereocenters. The van der Waals surface area contributed by atoms with Crippen LogP contribution in [0, 0.1) is 0 Å². The van der Waals surface area contributed by atoms with E-state index in [1.54, 1.807) is 48.5 Å². The maximum Gasteiger partial charge on any atom is 0.301 e. The van der Waals surface area contributed by atoms with Crippen LogP contribution in [0.5, 0.6) is 17.2 Å². The summed E-state index contributed by atoms with van der Waals surface area (Å²) in [6.45, 7) is 6.17. The molecule has 1 saturated heterocycles. The van der Waals surface area contributed by atoms with E-state index < -0.39 is 17.7 Å². The zero-order valence-electron chi connectivity index (χ0n) is 25.7. The Labute approximate surface area is 280 Å². The number of rotatable bonds is 12. The normalized spacial score (nSPS) is 15.6. The molecular formula is C36H31N3O6S2. The summed E-state index contributed by atoms with van der Waals surface area (Å²) in [5, 5.41) is 22.8. The number of aliphatic hydroxyl groups excluding tert-OH is 1. The second kappa shape index (κ2) is 14.1. The zero-order chi connectivity index (χ0) is 32.9. The van der Waals surface area contributed by atoms with Crippen LogP contribution >= 0.6 is 23.1 Å². The van der Waals surface area contributed by atoms with Crippen molar-refractivity contribution in [3.63, 3.8) is 0 Å². The number of fused-ring (bicyclic) bond motifs is 1. The molecule has 11 heteroatoms. The highest BCUT2D eigenvalue weighted by Crippen LogP contribution is 2.46. The van der Waals surface area contributed by atoms with Crippen molar-refractivity contribution in [2.24, 2.45) is 0 Å². The van der Waals surface area contributed by atoms with Crippen LogP contribution in [0.3, 0.4) is 0 Å². The first-order valence-corrected chi connectivity index (χ1v) is 16.6. The number of aromatic nitrogens is 2. The molecule has 1 atom stereocenters. The molecule has 47 heavy (non-hydrogen) atoms.